The van der Waals surface area contributed by atoms with Gasteiger partial charge in [0.2, 0.25) is 0 Å². The Labute approximate surface area is 78.4 Å². The van der Waals surface area contributed by atoms with Gasteiger partial charge in [-0.3, -0.25) is 0 Å². The van der Waals surface area contributed by atoms with E-state index in [0.717, 1.165) is 25.7 Å². The van der Waals surface area contributed by atoms with E-state index in [-0.39, 0.29) is 17.7 Å². The van der Waals surface area contributed by atoms with Gasteiger partial charge < -0.3 is 9.47 Å². The summed E-state index contributed by atoms with van der Waals surface area (Å²) in [7, 11) is 0. The van der Waals surface area contributed by atoms with Crippen LogP contribution in [0.15, 0.2) is 0 Å². The fourth-order valence-electron chi connectivity index (χ4n) is 1.76. The number of unbranched alkanes of at least 4 members (excludes halogenated alkanes) is 1. The number of esters is 1. The zero-order valence-electron chi connectivity index (χ0n) is 8.04. The van der Waals surface area contributed by atoms with Crippen molar-refractivity contribution in [3.8, 4) is 0 Å². The van der Waals surface area contributed by atoms with Crippen LogP contribution in [-0.2, 0) is 14.3 Å². The summed E-state index contributed by atoms with van der Waals surface area (Å²) in [5.41, 5.74) is -0.0662. The maximum atomic E-state index is 11.3. The molecule has 1 aliphatic carbocycles. The number of epoxide rings is 1. The van der Waals surface area contributed by atoms with Gasteiger partial charge in [-0.15, -0.1) is 0 Å². The lowest BCUT2D eigenvalue weighted by molar-refractivity contribution is -0.145. The Kier molecular flexibility index (Phi) is 2.28. The van der Waals surface area contributed by atoms with Crippen molar-refractivity contribution in [2.24, 2.45) is 0 Å². The average Bonchev–Trinajstić information content (AvgIpc) is 2.78. The second-order valence-corrected chi connectivity index (χ2v) is 3.94. The molecule has 3 nitrogen and oxygen atoms in total. The highest BCUT2D eigenvalue weighted by molar-refractivity contribution is 5.79. The van der Waals surface area contributed by atoms with E-state index in [4.69, 9.17) is 9.47 Å². The van der Waals surface area contributed by atoms with E-state index in [0.29, 0.717) is 6.61 Å². The van der Waals surface area contributed by atoms with E-state index in [9.17, 15) is 4.79 Å². The van der Waals surface area contributed by atoms with Crippen molar-refractivity contribution in [2.75, 3.05) is 6.61 Å². The van der Waals surface area contributed by atoms with E-state index < -0.39 is 0 Å². The Morgan fingerprint density at radius 1 is 1.62 bits per heavy atom. The van der Waals surface area contributed by atoms with Gasteiger partial charge in [0.25, 0.3) is 0 Å². The zero-order chi connectivity index (χ0) is 9.31. The lowest BCUT2D eigenvalue weighted by Gasteiger charge is -2.21. The fraction of sp³-hybridized carbons (Fsp3) is 0.900. The number of rotatable bonds is 4. The molecule has 13 heavy (non-hydrogen) atoms. The summed E-state index contributed by atoms with van der Waals surface area (Å²) in [5.74, 6) is -0.145. The Morgan fingerprint density at radius 3 is 2.85 bits per heavy atom. The average molecular weight is 184 g/mol. The first kappa shape index (κ1) is 9.00. The minimum absolute atomic E-state index is 0.0662. The lowest BCUT2D eigenvalue weighted by Crippen LogP contribution is -2.29. The first-order chi connectivity index (χ1) is 6.28. The Hall–Kier alpha value is -0.570. The summed E-state index contributed by atoms with van der Waals surface area (Å²) in [6.07, 6.45) is 5.06. The van der Waals surface area contributed by atoms with E-state index in [1.807, 2.05) is 0 Å². The molecular weight excluding hydrogens is 168 g/mol. The molecule has 2 fully saturated rings. The molecule has 1 unspecified atom stereocenters. The molecule has 1 saturated carbocycles. The molecule has 0 aromatic heterocycles. The molecule has 1 atom stereocenters. The minimum Gasteiger partial charge on any atom is -0.464 e. The zero-order valence-corrected chi connectivity index (χ0v) is 8.04. The van der Waals surface area contributed by atoms with Crippen LogP contribution in [0.3, 0.4) is 0 Å². The van der Waals surface area contributed by atoms with Crippen molar-refractivity contribution >= 4 is 5.97 Å². The third-order valence-corrected chi connectivity index (χ3v) is 2.93. The maximum absolute atomic E-state index is 11.3. The van der Waals surface area contributed by atoms with Crippen molar-refractivity contribution < 1.29 is 14.3 Å². The summed E-state index contributed by atoms with van der Waals surface area (Å²) < 4.78 is 10.4. The first-order valence-corrected chi connectivity index (χ1v) is 5.13. The highest BCUT2D eigenvalue weighted by Crippen LogP contribution is 2.52. The molecule has 0 amide bonds. The van der Waals surface area contributed by atoms with Gasteiger partial charge in [0.1, 0.15) is 5.60 Å². The first-order valence-electron chi connectivity index (χ1n) is 5.13. The molecule has 0 radical (unpaired) electrons. The second kappa shape index (κ2) is 3.29. The molecule has 1 spiro atoms. The monoisotopic (exact) mass is 184 g/mol. The van der Waals surface area contributed by atoms with Crippen LogP contribution in [-0.4, -0.2) is 24.3 Å². The van der Waals surface area contributed by atoms with Crippen LogP contribution in [0.1, 0.15) is 39.0 Å². The summed E-state index contributed by atoms with van der Waals surface area (Å²) in [6, 6.07) is 0. The van der Waals surface area contributed by atoms with Crippen LogP contribution in [0.5, 0.6) is 0 Å². The summed E-state index contributed by atoms with van der Waals surface area (Å²) in [6.45, 7) is 2.63. The molecular formula is C10H16O3. The van der Waals surface area contributed by atoms with Crippen molar-refractivity contribution in [2.45, 2.75) is 50.7 Å². The molecule has 0 N–H and O–H groups in total. The predicted octanol–water partition coefficient (Wildman–Crippen LogP) is 1.65. The molecule has 0 aromatic carbocycles. The summed E-state index contributed by atoms with van der Waals surface area (Å²) in [4.78, 5) is 11.3. The summed E-state index contributed by atoms with van der Waals surface area (Å²) in [5, 5.41) is 0. The predicted molar refractivity (Wildman–Crippen MR) is 47.3 cm³/mol. The van der Waals surface area contributed by atoms with E-state index >= 15 is 0 Å². The topological polar surface area (TPSA) is 38.8 Å². The van der Waals surface area contributed by atoms with E-state index in [1.54, 1.807) is 0 Å². The van der Waals surface area contributed by atoms with Gasteiger partial charge in [-0.2, -0.15) is 0 Å². The molecule has 74 valence electrons. The van der Waals surface area contributed by atoms with Crippen LogP contribution >= 0.6 is 0 Å². The smallest absolute Gasteiger partial charge is 0.338 e. The number of hydrogen-bond acceptors (Lipinski definition) is 3. The van der Waals surface area contributed by atoms with Crippen molar-refractivity contribution in [3.05, 3.63) is 0 Å². The van der Waals surface area contributed by atoms with Crippen LogP contribution in [0.25, 0.3) is 0 Å². The molecule has 0 aromatic rings. The molecule has 1 saturated heterocycles. The number of carbonyl (C=O) groups is 1. The lowest BCUT2D eigenvalue weighted by atomic mass is 9.82. The minimum atomic E-state index is -0.224. The van der Waals surface area contributed by atoms with Crippen LogP contribution in [0.2, 0.25) is 0 Å². The molecule has 2 aliphatic rings. The Bertz CT molecular complexity index is 208. The standard InChI is InChI=1S/C10H16O3/c1-2-3-7-12-9(11)8-10(13-8)5-4-6-10/h8H,2-7H2,1H3. The number of ether oxygens (including phenoxy) is 2. The Morgan fingerprint density at radius 2 is 2.38 bits per heavy atom. The maximum Gasteiger partial charge on any atom is 0.338 e. The summed E-state index contributed by atoms with van der Waals surface area (Å²) >= 11 is 0. The van der Waals surface area contributed by atoms with Gasteiger partial charge in [-0.1, -0.05) is 13.3 Å². The highest BCUT2D eigenvalue weighted by Gasteiger charge is 2.64. The van der Waals surface area contributed by atoms with Gasteiger partial charge in [-0.05, 0) is 25.7 Å². The number of carbonyl (C=O) groups excluding carboxylic acids is 1. The van der Waals surface area contributed by atoms with Crippen molar-refractivity contribution in [1.82, 2.24) is 0 Å². The van der Waals surface area contributed by atoms with Gasteiger partial charge in [0, 0.05) is 0 Å². The highest BCUT2D eigenvalue weighted by atomic mass is 16.7. The second-order valence-electron chi connectivity index (χ2n) is 3.94. The molecule has 2 rings (SSSR count). The van der Waals surface area contributed by atoms with E-state index in [2.05, 4.69) is 6.92 Å². The fourth-order valence-corrected chi connectivity index (χ4v) is 1.76. The molecule has 0 bridgehead atoms. The quantitative estimate of drug-likeness (QED) is 0.379. The van der Waals surface area contributed by atoms with Gasteiger partial charge >= 0.3 is 5.97 Å². The molecule has 1 heterocycles. The molecule has 1 aliphatic heterocycles. The SMILES string of the molecule is CCCCOC(=O)C1OC12CCC2. The van der Waals surface area contributed by atoms with Crippen molar-refractivity contribution in [3.63, 3.8) is 0 Å². The van der Waals surface area contributed by atoms with Crippen LogP contribution < -0.4 is 0 Å². The van der Waals surface area contributed by atoms with Crippen LogP contribution in [0.4, 0.5) is 0 Å². The molecule has 3 heteroatoms. The third kappa shape index (κ3) is 1.57. The van der Waals surface area contributed by atoms with Crippen LogP contribution in [0, 0.1) is 0 Å². The third-order valence-electron chi connectivity index (χ3n) is 2.93. The van der Waals surface area contributed by atoms with E-state index in [1.165, 1.54) is 6.42 Å². The Balaban J connectivity index is 1.68. The largest absolute Gasteiger partial charge is 0.464 e. The van der Waals surface area contributed by atoms with Crippen molar-refractivity contribution in [1.29, 1.82) is 0 Å². The van der Waals surface area contributed by atoms with Gasteiger partial charge in [0.15, 0.2) is 6.10 Å². The van der Waals surface area contributed by atoms with Gasteiger partial charge in [0.05, 0.1) is 6.61 Å². The normalized spacial score (nSPS) is 28.2. The number of hydrogen-bond donors (Lipinski definition) is 0. The van der Waals surface area contributed by atoms with Gasteiger partial charge in [-0.25, -0.2) is 4.79 Å².